The molecule has 3 rings (SSSR count). The number of aryl methyl sites for hydroxylation is 1. The van der Waals surface area contributed by atoms with Crippen LogP contribution >= 0.6 is 11.3 Å². The van der Waals surface area contributed by atoms with Gasteiger partial charge in [-0.3, -0.25) is 4.79 Å². The van der Waals surface area contributed by atoms with Gasteiger partial charge in [-0.1, -0.05) is 6.07 Å². The zero-order chi connectivity index (χ0) is 18.9. The average molecular weight is 396 g/mol. The van der Waals surface area contributed by atoms with Crippen molar-refractivity contribution in [2.75, 3.05) is 13.1 Å². The number of nitrogens with zero attached hydrogens (tertiary/aromatic N) is 3. The van der Waals surface area contributed by atoms with Gasteiger partial charge in [0.25, 0.3) is 5.91 Å². The van der Waals surface area contributed by atoms with Crippen molar-refractivity contribution in [3.8, 4) is 0 Å². The van der Waals surface area contributed by atoms with Crippen LogP contribution in [0, 0.1) is 0 Å². The lowest BCUT2D eigenvalue weighted by Gasteiger charge is -2.34. The van der Waals surface area contributed by atoms with Crippen LogP contribution in [0.25, 0.3) is 0 Å². The standard InChI is InChI=1S/C17H21N3O4S2/c1-12-10-20(11-13(2)24-12)26(22,23)15-6-4-5-14(9-15)16(21)18-17-19(3)7-8-25-17/h4-9,12-13H,10-11H2,1-3H3/t12-,13-/m0/s1. The quantitative estimate of drug-likeness (QED) is 0.791. The van der Waals surface area contributed by atoms with E-state index in [-0.39, 0.29) is 22.7 Å². The summed E-state index contributed by atoms with van der Waals surface area (Å²) >= 11 is 1.34. The molecule has 7 nitrogen and oxygen atoms in total. The number of sulfonamides is 1. The highest BCUT2D eigenvalue weighted by Crippen LogP contribution is 2.22. The lowest BCUT2D eigenvalue weighted by atomic mass is 10.2. The molecular formula is C17H21N3O4S2. The Labute approximate surface area is 156 Å². The fraction of sp³-hybridized carbons (Fsp3) is 0.412. The smallest absolute Gasteiger partial charge is 0.279 e. The molecule has 2 aromatic rings. The Morgan fingerprint density at radius 3 is 2.58 bits per heavy atom. The van der Waals surface area contributed by atoms with Crippen LogP contribution in [0.2, 0.25) is 0 Å². The molecule has 0 spiro atoms. The van der Waals surface area contributed by atoms with Crippen LogP contribution in [0.1, 0.15) is 24.2 Å². The first-order chi connectivity index (χ1) is 12.3. The molecule has 2 atom stereocenters. The summed E-state index contributed by atoms with van der Waals surface area (Å²) in [7, 11) is -1.90. The third-order valence-corrected chi connectivity index (χ3v) is 6.74. The van der Waals surface area contributed by atoms with Gasteiger partial charge in [0, 0.05) is 37.3 Å². The summed E-state index contributed by atoms with van der Waals surface area (Å²) in [6.07, 6.45) is 1.46. The molecule has 1 aliphatic heterocycles. The molecule has 1 aliphatic rings. The molecule has 0 bridgehead atoms. The summed E-state index contributed by atoms with van der Waals surface area (Å²) < 4.78 is 34.6. The number of hydrogen-bond donors (Lipinski definition) is 0. The van der Waals surface area contributed by atoms with E-state index in [1.165, 1.54) is 27.8 Å². The van der Waals surface area contributed by atoms with E-state index in [1.54, 1.807) is 29.9 Å². The van der Waals surface area contributed by atoms with Gasteiger partial charge >= 0.3 is 0 Å². The van der Waals surface area contributed by atoms with Gasteiger partial charge in [0.15, 0.2) is 4.80 Å². The third kappa shape index (κ3) is 3.96. The van der Waals surface area contributed by atoms with Crippen molar-refractivity contribution in [1.82, 2.24) is 8.87 Å². The van der Waals surface area contributed by atoms with E-state index in [4.69, 9.17) is 4.74 Å². The second kappa shape index (κ2) is 7.43. The molecule has 26 heavy (non-hydrogen) atoms. The van der Waals surface area contributed by atoms with Crippen molar-refractivity contribution in [1.29, 1.82) is 0 Å². The summed E-state index contributed by atoms with van der Waals surface area (Å²) in [5.41, 5.74) is 0.244. The monoisotopic (exact) mass is 395 g/mol. The van der Waals surface area contributed by atoms with Crippen molar-refractivity contribution in [3.63, 3.8) is 0 Å². The zero-order valence-electron chi connectivity index (χ0n) is 14.8. The first-order valence-electron chi connectivity index (χ1n) is 8.22. The predicted octanol–water partition coefficient (Wildman–Crippen LogP) is 1.63. The number of aromatic nitrogens is 1. The van der Waals surface area contributed by atoms with Gasteiger partial charge in [-0.05, 0) is 32.0 Å². The van der Waals surface area contributed by atoms with E-state index in [2.05, 4.69) is 4.99 Å². The summed E-state index contributed by atoms with van der Waals surface area (Å²) in [4.78, 5) is 17.1. The number of morpholine rings is 1. The van der Waals surface area contributed by atoms with Gasteiger partial charge < -0.3 is 9.30 Å². The van der Waals surface area contributed by atoms with E-state index in [1.807, 2.05) is 19.2 Å². The first-order valence-corrected chi connectivity index (χ1v) is 10.5. The van der Waals surface area contributed by atoms with Crippen LogP contribution in [0.3, 0.4) is 0 Å². The highest BCUT2D eigenvalue weighted by atomic mass is 32.2. The van der Waals surface area contributed by atoms with Crippen LogP contribution < -0.4 is 4.80 Å². The van der Waals surface area contributed by atoms with Gasteiger partial charge in [-0.25, -0.2) is 8.42 Å². The Morgan fingerprint density at radius 1 is 1.27 bits per heavy atom. The van der Waals surface area contributed by atoms with Crippen LogP contribution in [-0.4, -0.2) is 48.5 Å². The molecular weight excluding hydrogens is 374 g/mol. The van der Waals surface area contributed by atoms with Gasteiger partial charge in [0.2, 0.25) is 10.0 Å². The maximum Gasteiger partial charge on any atom is 0.279 e. The minimum Gasteiger partial charge on any atom is -0.373 e. The number of benzene rings is 1. The summed E-state index contributed by atoms with van der Waals surface area (Å²) in [5, 5.41) is 1.83. The van der Waals surface area contributed by atoms with Gasteiger partial charge in [0.05, 0.1) is 17.1 Å². The van der Waals surface area contributed by atoms with Crippen LogP contribution in [0.5, 0.6) is 0 Å². The highest BCUT2D eigenvalue weighted by Gasteiger charge is 2.32. The molecule has 0 unspecified atom stereocenters. The molecule has 0 saturated carbocycles. The van der Waals surface area contributed by atoms with E-state index in [0.717, 1.165) is 0 Å². The Kier molecular flexibility index (Phi) is 5.42. The molecule has 1 saturated heterocycles. The number of thiazole rings is 1. The molecule has 1 aromatic carbocycles. The van der Waals surface area contributed by atoms with E-state index in [9.17, 15) is 13.2 Å². The second-order valence-electron chi connectivity index (χ2n) is 6.32. The SMILES string of the molecule is C[C@H]1CN(S(=O)(=O)c2cccc(C(=O)N=c3sccn3C)c2)C[C@H](C)O1. The minimum atomic E-state index is -3.70. The van der Waals surface area contributed by atoms with E-state index >= 15 is 0 Å². The highest BCUT2D eigenvalue weighted by molar-refractivity contribution is 7.89. The van der Waals surface area contributed by atoms with Gasteiger partial charge in [0.1, 0.15) is 0 Å². The normalized spacial score (nSPS) is 22.5. The van der Waals surface area contributed by atoms with Gasteiger partial charge in [-0.2, -0.15) is 9.30 Å². The van der Waals surface area contributed by atoms with Crippen LogP contribution in [-0.2, 0) is 21.8 Å². The van der Waals surface area contributed by atoms with Crippen LogP contribution in [0.15, 0.2) is 45.7 Å². The third-order valence-electron chi connectivity index (χ3n) is 4.06. The molecule has 0 radical (unpaired) electrons. The Morgan fingerprint density at radius 2 is 1.96 bits per heavy atom. The Balaban J connectivity index is 1.91. The summed E-state index contributed by atoms with van der Waals surface area (Å²) in [6, 6.07) is 6.03. The Hall–Kier alpha value is -1.81. The maximum atomic E-state index is 13.0. The fourth-order valence-corrected chi connectivity index (χ4v) is 5.22. The van der Waals surface area contributed by atoms with E-state index < -0.39 is 15.9 Å². The lowest BCUT2D eigenvalue weighted by molar-refractivity contribution is -0.0440. The van der Waals surface area contributed by atoms with Crippen molar-refractivity contribution in [3.05, 3.63) is 46.2 Å². The number of amides is 1. The van der Waals surface area contributed by atoms with Gasteiger partial charge in [-0.15, -0.1) is 11.3 Å². The van der Waals surface area contributed by atoms with Crippen molar-refractivity contribution >= 4 is 27.3 Å². The molecule has 0 N–H and O–H groups in total. The predicted molar refractivity (Wildman–Crippen MR) is 98.4 cm³/mol. The maximum absolute atomic E-state index is 13.0. The number of carbonyl (C=O) groups excluding carboxylic acids is 1. The molecule has 140 valence electrons. The Bertz CT molecular complexity index is 968. The number of rotatable bonds is 3. The second-order valence-corrected chi connectivity index (χ2v) is 9.13. The molecule has 2 heterocycles. The molecule has 1 aromatic heterocycles. The number of carbonyl (C=O) groups is 1. The summed E-state index contributed by atoms with van der Waals surface area (Å²) in [6.45, 7) is 4.27. The topological polar surface area (TPSA) is 81.0 Å². The fourth-order valence-electron chi connectivity index (χ4n) is 2.85. The minimum absolute atomic E-state index is 0.0930. The number of hydrogen-bond acceptors (Lipinski definition) is 5. The average Bonchev–Trinajstić information content (AvgIpc) is 2.99. The largest absolute Gasteiger partial charge is 0.373 e. The van der Waals surface area contributed by atoms with Crippen LogP contribution in [0.4, 0.5) is 0 Å². The number of ether oxygens (including phenoxy) is 1. The molecule has 1 amide bonds. The van der Waals surface area contributed by atoms with Crippen molar-refractivity contribution in [2.24, 2.45) is 12.0 Å². The lowest BCUT2D eigenvalue weighted by Crippen LogP contribution is -2.48. The van der Waals surface area contributed by atoms with Crippen molar-refractivity contribution < 1.29 is 17.9 Å². The first kappa shape index (κ1) is 19.0. The molecule has 1 fully saturated rings. The molecule has 0 aliphatic carbocycles. The zero-order valence-corrected chi connectivity index (χ0v) is 16.5. The summed E-state index contributed by atoms with van der Waals surface area (Å²) in [5.74, 6) is -0.469. The van der Waals surface area contributed by atoms with Crippen molar-refractivity contribution in [2.45, 2.75) is 31.0 Å². The van der Waals surface area contributed by atoms with E-state index in [0.29, 0.717) is 17.9 Å². The molecule has 9 heteroatoms.